The number of thiophene rings is 1. The number of aromatic nitrogens is 4. The van der Waals surface area contributed by atoms with E-state index in [1.54, 1.807) is 20.9 Å². The van der Waals surface area contributed by atoms with Crippen LogP contribution in [0.4, 0.5) is 5.00 Å². The average Bonchev–Trinajstić information content (AvgIpc) is 3.21. The third-order valence-corrected chi connectivity index (χ3v) is 5.51. The number of nitrogens with zero attached hydrogens (tertiary/aromatic N) is 4. The lowest BCUT2D eigenvalue weighted by Gasteiger charge is -2.06. The van der Waals surface area contributed by atoms with Gasteiger partial charge in [0.05, 0.1) is 17.9 Å². The molecule has 10 nitrogen and oxygen atoms in total. The van der Waals surface area contributed by atoms with Gasteiger partial charge in [-0.15, -0.1) is 16.4 Å². The van der Waals surface area contributed by atoms with Crippen molar-refractivity contribution in [2.45, 2.75) is 19.0 Å². The fraction of sp³-hybridized carbons (Fsp3) is 0.375. The quantitative estimate of drug-likeness (QED) is 0.364. The second-order valence-electron chi connectivity index (χ2n) is 5.29. The molecule has 2 aromatic rings. The maximum absolute atomic E-state index is 12.3. The summed E-state index contributed by atoms with van der Waals surface area (Å²) >= 11 is 2.09. The topological polar surface area (TPSA) is 125 Å². The van der Waals surface area contributed by atoms with E-state index in [4.69, 9.17) is 9.47 Å². The number of nitrogens with one attached hydrogen (secondary N) is 1. The molecule has 2 heterocycles. The summed E-state index contributed by atoms with van der Waals surface area (Å²) in [6.07, 6.45) is 1.44. The third-order valence-electron chi connectivity index (χ3n) is 3.31. The van der Waals surface area contributed by atoms with E-state index in [-0.39, 0.29) is 40.3 Å². The normalized spacial score (nSPS) is 10.4. The summed E-state index contributed by atoms with van der Waals surface area (Å²) in [5.41, 5.74) is 0.522. The average molecular weight is 425 g/mol. The first-order valence-electron chi connectivity index (χ1n) is 8.12. The molecule has 1 amide bonds. The molecule has 0 spiro atoms. The van der Waals surface area contributed by atoms with E-state index in [0.29, 0.717) is 10.7 Å². The molecule has 0 saturated carbocycles. The van der Waals surface area contributed by atoms with Gasteiger partial charge in [0.2, 0.25) is 11.1 Å². The summed E-state index contributed by atoms with van der Waals surface area (Å²) in [5, 5.41) is 14.3. The number of hydrogen-bond donors (Lipinski definition) is 1. The molecule has 0 aliphatic heterocycles. The summed E-state index contributed by atoms with van der Waals surface area (Å²) in [5.74, 6) is -1.60. The smallest absolute Gasteiger partial charge is 0.348 e. The van der Waals surface area contributed by atoms with Gasteiger partial charge in [0.1, 0.15) is 16.5 Å². The Kier molecular flexibility index (Phi) is 7.70. The minimum absolute atomic E-state index is 0.0175. The van der Waals surface area contributed by atoms with Crippen LogP contribution in [0.1, 0.15) is 32.5 Å². The maximum atomic E-state index is 12.3. The SMILES string of the molecule is C=CCOC(=O)c1sc(NC(=O)CSc2nnnn2C)c(C(=O)OCC)c1C. The predicted molar refractivity (Wildman–Crippen MR) is 104 cm³/mol. The fourth-order valence-corrected chi connectivity index (χ4v) is 3.84. The van der Waals surface area contributed by atoms with Crippen LogP contribution in [-0.2, 0) is 21.3 Å². The van der Waals surface area contributed by atoms with Crippen LogP contribution < -0.4 is 5.32 Å². The first-order valence-corrected chi connectivity index (χ1v) is 9.92. The van der Waals surface area contributed by atoms with Gasteiger partial charge < -0.3 is 14.8 Å². The van der Waals surface area contributed by atoms with Crippen LogP contribution in [0, 0.1) is 6.92 Å². The largest absolute Gasteiger partial charge is 0.462 e. The number of ether oxygens (including phenoxy) is 2. The van der Waals surface area contributed by atoms with E-state index >= 15 is 0 Å². The highest BCUT2D eigenvalue weighted by Gasteiger charge is 2.27. The van der Waals surface area contributed by atoms with Crippen molar-refractivity contribution >= 4 is 45.9 Å². The molecule has 150 valence electrons. The van der Waals surface area contributed by atoms with Crippen molar-refractivity contribution in [3.63, 3.8) is 0 Å². The van der Waals surface area contributed by atoms with Crippen molar-refractivity contribution in [2.75, 3.05) is 24.3 Å². The molecular formula is C16H19N5O5S2. The molecule has 0 aromatic carbocycles. The Morgan fingerprint density at radius 1 is 1.32 bits per heavy atom. The number of aryl methyl sites for hydroxylation is 1. The standard InChI is InChI=1S/C16H19N5O5S2/c1-5-7-26-15(24)12-9(3)11(14(23)25-6-2)13(28-12)17-10(22)8-27-16-18-19-20-21(16)4/h5H,1,6-8H2,2-4H3,(H,17,22). The van der Waals surface area contributed by atoms with Crippen LogP contribution in [0.2, 0.25) is 0 Å². The van der Waals surface area contributed by atoms with Crippen molar-refractivity contribution in [3.8, 4) is 0 Å². The van der Waals surface area contributed by atoms with Gasteiger partial charge in [0, 0.05) is 7.05 Å². The lowest BCUT2D eigenvalue weighted by Crippen LogP contribution is -2.16. The van der Waals surface area contributed by atoms with Gasteiger partial charge in [-0.3, -0.25) is 4.79 Å². The van der Waals surface area contributed by atoms with Gasteiger partial charge in [-0.25, -0.2) is 14.3 Å². The number of tetrazole rings is 1. The van der Waals surface area contributed by atoms with E-state index in [0.717, 1.165) is 23.1 Å². The zero-order valence-corrected chi connectivity index (χ0v) is 17.2. The Hall–Kier alpha value is -2.73. The van der Waals surface area contributed by atoms with Crippen molar-refractivity contribution in [3.05, 3.63) is 28.7 Å². The molecule has 28 heavy (non-hydrogen) atoms. The molecule has 1 N–H and O–H groups in total. The lowest BCUT2D eigenvalue weighted by molar-refractivity contribution is -0.113. The molecule has 0 fully saturated rings. The number of esters is 2. The van der Waals surface area contributed by atoms with Crippen LogP contribution in [0.5, 0.6) is 0 Å². The molecule has 2 rings (SSSR count). The monoisotopic (exact) mass is 425 g/mol. The van der Waals surface area contributed by atoms with Gasteiger partial charge in [-0.05, 0) is 29.8 Å². The summed E-state index contributed by atoms with van der Waals surface area (Å²) in [6.45, 7) is 6.95. The van der Waals surface area contributed by atoms with E-state index in [1.807, 2.05) is 0 Å². The minimum atomic E-state index is -0.625. The molecular weight excluding hydrogens is 406 g/mol. The van der Waals surface area contributed by atoms with Crippen molar-refractivity contribution in [1.29, 1.82) is 0 Å². The Morgan fingerprint density at radius 3 is 2.68 bits per heavy atom. The summed E-state index contributed by atoms with van der Waals surface area (Å²) in [6, 6.07) is 0. The fourth-order valence-electron chi connectivity index (χ4n) is 2.08. The highest BCUT2D eigenvalue weighted by molar-refractivity contribution is 7.99. The van der Waals surface area contributed by atoms with Crippen molar-refractivity contribution in [1.82, 2.24) is 20.2 Å². The van der Waals surface area contributed by atoms with Crippen molar-refractivity contribution in [2.24, 2.45) is 7.05 Å². The minimum Gasteiger partial charge on any atom is -0.462 e. The van der Waals surface area contributed by atoms with E-state index in [1.165, 1.54) is 10.8 Å². The number of thioether (sulfide) groups is 1. The summed E-state index contributed by atoms with van der Waals surface area (Å²) in [4.78, 5) is 37.1. The van der Waals surface area contributed by atoms with E-state index in [9.17, 15) is 14.4 Å². The third kappa shape index (κ3) is 5.16. The van der Waals surface area contributed by atoms with Crippen LogP contribution >= 0.6 is 23.1 Å². The van der Waals surface area contributed by atoms with E-state index in [2.05, 4.69) is 27.4 Å². The molecule has 0 bridgehead atoms. The highest BCUT2D eigenvalue weighted by atomic mass is 32.2. The number of carbonyl (C=O) groups is 3. The van der Waals surface area contributed by atoms with Gasteiger partial charge in [0.15, 0.2) is 0 Å². The Bertz CT molecular complexity index is 892. The zero-order valence-electron chi connectivity index (χ0n) is 15.6. The second kappa shape index (κ2) is 9.99. The van der Waals surface area contributed by atoms with E-state index < -0.39 is 11.9 Å². The summed E-state index contributed by atoms with van der Waals surface area (Å²) in [7, 11) is 1.66. The molecule has 0 unspecified atom stereocenters. The van der Waals surface area contributed by atoms with Crippen molar-refractivity contribution < 1.29 is 23.9 Å². The summed E-state index contributed by atoms with van der Waals surface area (Å²) < 4.78 is 11.5. The number of anilines is 1. The lowest BCUT2D eigenvalue weighted by atomic mass is 10.1. The predicted octanol–water partition coefficient (Wildman–Crippen LogP) is 1.83. The van der Waals surface area contributed by atoms with Crippen LogP contribution in [0.3, 0.4) is 0 Å². The molecule has 0 atom stereocenters. The van der Waals surface area contributed by atoms with Gasteiger partial charge >= 0.3 is 11.9 Å². The molecule has 0 aliphatic carbocycles. The first-order chi connectivity index (χ1) is 13.4. The first kappa shape index (κ1) is 21.6. The second-order valence-corrected chi connectivity index (χ2v) is 7.25. The Morgan fingerprint density at radius 2 is 2.07 bits per heavy atom. The van der Waals surface area contributed by atoms with Crippen LogP contribution in [0.15, 0.2) is 17.8 Å². The van der Waals surface area contributed by atoms with Crippen LogP contribution in [-0.4, -0.2) is 57.0 Å². The molecule has 0 saturated heterocycles. The molecule has 2 aromatic heterocycles. The zero-order chi connectivity index (χ0) is 20.7. The molecule has 0 aliphatic rings. The molecule has 0 radical (unpaired) electrons. The maximum Gasteiger partial charge on any atom is 0.348 e. The molecule has 12 heteroatoms. The Balaban J connectivity index is 2.21. The van der Waals surface area contributed by atoms with Gasteiger partial charge in [-0.1, -0.05) is 24.4 Å². The highest BCUT2D eigenvalue weighted by Crippen LogP contribution is 2.34. The number of rotatable bonds is 9. The van der Waals surface area contributed by atoms with Gasteiger partial charge in [0.25, 0.3) is 0 Å². The number of hydrogen-bond acceptors (Lipinski definition) is 10. The number of carbonyl (C=O) groups excluding carboxylic acids is 3. The van der Waals surface area contributed by atoms with Crippen LogP contribution in [0.25, 0.3) is 0 Å². The number of amides is 1. The van der Waals surface area contributed by atoms with Gasteiger partial charge in [-0.2, -0.15) is 0 Å². The Labute approximate surface area is 169 Å².